The van der Waals surface area contributed by atoms with Gasteiger partial charge >= 0.3 is 6.09 Å². The van der Waals surface area contributed by atoms with Crippen molar-refractivity contribution < 1.29 is 19.4 Å². The zero-order valence-corrected chi connectivity index (χ0v) is 19.7. The highest BCUT2D eigenvalue weighted by molar-refractivity contribution is 5.90. The molecule has 1 atom stereocenters. The van der Waals surface area contributed by atoms with E-state index in [1.165, 1.54) is 6.33 Å². The van der Waals surface area contributed by atoms with E-state index < -0.39 is 11.2 Å². The quantitative estimate of drug-likeness (QED) is 0.551. The van der Waals surface area contributed by atoms with Gasteiger partial charge in [-0.05, 0) is 45.0 Å². The third kappa shape index (κ3) is 4.44. The van der Waals surface area contributed by atoms with Crippen LogP contribution in [0.5, 0.6) is 11.5 Å². The number of amides is 1. The lowest BCUT2D eigenvalue weighted by Gasteiger charge is -2.47. The topological polar surface area (TPSA) is 96.8 Å². The maximum absolute atomic E-state index is 12.6. The number of rotatable bonds is 2. The predicted molar refractivity (Wildman–Crippen MR) is 129 cm³/mol. The number of anilines is 1. The van der Waals surface area contributed by atoms with Gasteiger partial charge in [-0.3, -0.25) is 0 Å². The Morgan fingerprint density at radius 1 is 1.18 bits per heavy atom. The number of phenols is 1. The van der Waals surface area contributed by atoms with Crippen LogP contribution in [-0.2, 0) is 4.74 Å². The fraction of sp³-hybridized carbons (Fsp3) is 0.423. The molecule has 3 heterocycles. The number of phenolic OH excluding ortho intramolecular Hbond substituents is 1. The number of piperidine rings is 1. The normalized spacial score (nSPS) is 19.4. The lowest BCUT2D eigenvalue weighted by Crippen LogP contribution is -2.53. The van der Waals surface area contributed by atoms with Crippen LogP contribution >= 0.6 is 0 Å². The number of hydrogen-bond acceptors (Lipinski definition) is 7. The van der Waals surface area contributed by atoms with Crippen molar-refractivity contribution in [2.24, 2.45) is 0 Å². The number of benzene rings is 2. The lowest BCUT2D eigenvalue weighted by molar-refractivity contribution is -0.0308. The molecule has 2 aromatic carbocycles. The lowest BCUT2D eigenvalue weighted by atomic mass is 9.80. The summed E-state index contributed by atoms with van der Waals surface area (Å²) >= 11 is 0. The van der Waals surface area contributed by atoms with Gasteiger partial charge in [-0.2, -0.15) is 0 Å². The molecule has 1 fully saturated rings. The van der Waals surface area contributed by atoms with Gasteiger partial charge in [0.15, 0.2) is 0 Å². The number of nitrogens with zero attached hydrogens (tertiary/aromatic N) is 3. The van der Waals surface area contributed by atoms with Crippen LogP contribution in [0.4, 0.5) is 10.6 Å². The van der Waals surface area contributed by atoms with Crippen molar-refractivity contribution in [3.8, 4) is 11.5 Å². The van der Waals surface area contributed by atoms with E-state index in [4.69, 9.17) is 9.47 Å². The van der Waals surface area contributed by atoms with E-state index in [1.807, 2.05) is 39.0 Å². The van der Waals surface area contributed by atoms with E-state index >= 15 is 0 Å². The van der Waals surface area contributed by atoms with Gasteiger partial charge in [0.05, 0.1) is 11.6 Å². The average molecular weight is 463 g/mol. The monoisotopic (exact) mass is 462 g/mol. The zero-order chi connectivity index (χ0) is 23.9. The highest BCUT2D eigenvalue weighted by Gasteiger charge is 2.44. The van der Waals surface area contributed by atoms with E-state index in [-0.39, 0.29) is 17.9 Å². The maximum Gasteiger partial charge on any atom is 0.410 e. The molecule has 1 unspecified atom stereocenters. The summed E-state index contributed by atoms with van der Waals surface area (Å²) < 4.78 is 12.1. The Bertz CT molecular complexity index is 1210. The fourth-order valence-electron chi connectivity index (χ4n) is 4.80. The van der Waals surface area contributed by atoms with Crippen molar-refractivity contribution >= 4 is 22.8 Å². The highest BCUT2D eigenvalue weighted by atomic mass is 16.6. The molecule has 5 rings (SSSR count). The van der Waals surface area contributed by atoms with E-state index in [9.17, 15) is 9.90 Å². The Labute approximate surface area is 198 Å². The van der Waals surface area contributed by atoms with E-state index in [1.54, 1.807) is 23.1 Å². The second-order valence-electron chi connectivity index (χ2n) is 10.1. The van der Waals surface area contributed by atoms with Crippen LogP contribution in [-0.4, -0.2) is 50.4 Å². The molecular weight excluding hydrogens is 432 g/mol. The third-order valence-corrected chi connectivity index (χ3v) is 6.45. The van der Waals surface area contributed by atoms with Gasteiger partial charge in [0.1, 0.15) is 34.8 Å². The number of carbonyl (C=O) groups excluding carboxylic acids is 1. The third-order valence-electron chi connectivity index (χ3n) is 6.45. The number of nitrogens with one attached hydrogen (secondary N) is 1. The standard InChI is InChI=1S/C26H30N4O4/c1-25(2,3)34-24(32)30-12-10-26(11-13-30)15-21(18-6-4-5-7-22(18)33-26)29-23-19-14-17(31)8-9-20(19)27-16-28-23/h4-9,14,16,21,31H,10-13,15H2,1-3H3,(H,27,28,29). The van der Waals surface area contributed by atoms with Gasteiger partial charge in [-0.1, -0.05) is 18.2 Å². The first-order valence-corrected chi connectivity index (χ1v) is 11.7. The summed E-state index contributed by atoms with van der Waals surface area (Å²) in [6, 6.07) is 13.1. The molecule has 8 heteroatoms. The molecule has 2 N–H and O–H groups in total. The van der Waals surface area contributed by atoms with E-state index in [2.05, 4.69) is 21.4 Å². The summed E-state index contributed by atoms with van der Waals surface area (Å²) in [5, 5.41) is 14.4. The molecule has 0 bridgehead atoms. The maximum atomic E-state index is 12.6. The number of likely N-dealkylation sites (tertiary alicyclic amines) is 1. The van der Waals surface area contributed by atoms with Gasteiger partial charge in [-0.15, -0.1) is 0 Å². The largest absolute Gasteiger partial charge is 0.508 e. The number of aromatic nitrogens is 2. The van der Waals surface area contributed by atoms with Crippen molar-refractivity contribution in [2.45, 2.75) is 57.3 Å². The minimum absolute atomic E-state index is 0.0431. The van der Waals surface area contributed by atoms with Gasteiger partial charge < -0.3 is 24.8 Å². The summed E-state index contributed by atoms with van der Waals surface area (Å²) in [6.07, 6.45) is 3.41. The molecule has 0 radical (unpaired) electrons. The number of fused-ring (bicyclic) bond motifs is 2. The highest BCUT2D eigenvalue weighted by Crippen LogP contribution is 2.45. The summed E-state index contributed by atoms with van der Waals surface area (Å²) in [5.74, 6) is 1.69. The summed E-state index contributed by atoms with van der Waals surface area (Å²) in [7, 11) is 0. The molecule has 8 nitrogen and oxygen atoms in total. The van der Waals surface area contributed by atoms with Crippen molar-refractivity contribution in [1.29, 1.82) is 0 Å². The first kappa shape index (κ1) is 22.3. The predicted octanol–water partition coefficient (Wildman–Crippen LogP) is 5.04. The molecule has 1 spiro atoms. The SMILES string of the molecule is CC(C)(C)OC(=O)N1CCC2(CC1)CC(Nc1ncnc3ccc(O)cc13)c1ccccc1O2. The molecule has 0 saturated carbocycles. The van der Waals surface area contributed by atoms with Crippen LogP contribution in [0.3, 0.4) is 0 Å². The molecule has 2 aliphatic rings. The summed E-state index contributed by atoms with van der Waals surface area (Å²) in [6.45, 7) is 6.79. The molecule has 1 amide bonds. The molecule has 2 aliphatic heterocycles. The molecule has 0 aliphatic carbocycles. The Morgan fingerprint density at radius 2 is 1.94 bits per heavy atom. The van der Waals surface area contributed by atoms with Crippen LogP contribution in [0.25, 0.3) is 10.9 Å². The summed E-state index contributed by atoms with van der Waals surface area (Å²) in [5.41, 5.74) is 0.914. The van der Waals surface area contributed by atoms with Crippen molar-refractivity contribution in [3.05, 3.63) is 54.4 Å². The second kappa shape index (κ2) is 8.34. The van der Waals surface area contributed by atoms with E-state index in [0.29, 0.717) is 31.7 Å². The number of carbonyl (C=O) groups is 1. The zero-order valence-electron chi connectivity index (χ0n) is 19.7. The first-order valence-electron chi connectivity index (χ1n) is 11.7. The van der Waals surface area contributed by atoms with Crippen molar-refractivity contribution in [3.63, 3.8) is 0 Å². The van der Waals surface area contributed by atoms with Gasteiger partial charge in [0, 0.05) is 43.3 Å². The Morgan fingerprint density at radius 3 is 2.71 bits per heavy atom. The second-order valence-corrected chi connectivity index (χ2v) is 10.1. The van der Waals surface area contributed by atoms with Crippen LogP contribution in [0.15, 0.2) is 48.8 Å². The molecule has 178 valence electrons. The molecule has 1 aromatic heterocycles. The fourth-order valence-corrected chi connectivity index (χ4v) is 4.80. The molecule has 3 aromatic rings. The molecular formula is C26H30N4O4. The first-order chi connectivity index (χ1) is 16.2. The number of hydrogen-bond donors (Lipinski definition) is 2. The van der Waals surface area contributed by atoms with Gasteiger partial charge in [0.25, 0.3) is 0 Å². The van der Waals surface area contributed by atoms with Crippen LogP contribution in [0.1, 0.15) is 51.6 Å². The number of ether oxygens (including phenoxy) is 2. The Kier molecular flexibility index (Phi) is 5.46. The minimum Gasteiger partial charge on any atom is -0.508 e. The Hall–Kier alpha value is -3.55. The smallest absolute Gasteiger partial charge is 0.410 e. The van der Waals surface area contributed by atoms with E-state index in [0.717, 1.165) is 28.6 Å². The van der Waals surface area contributed by atoms with Crippen molar-refractivity contribution in [2.75, 3.05) is 18.4 Å². The minimum atomic E-state index is -0.518. The molecule has 34 heavy (non-hydrogen) atoms. The molecule has 1 saturated heterocycles. The average Bonchev–Trinajstić information content (AvgIpc) is 2.79. The van der Waals surface area contributed by atoms with Gasteiger partial charge in [-0.25, -0.2) is 14.8 Å². The number of aromatic hydroxyl groups is 1. The summed E-state index contributed by atoms with van der Waals surface area (Å²) in [4.78, 5) is 23.1. The van der Waals surface area contributed by atoms with Crippen LogP contribution < -0.4 is 10.1 Å². The van der Waals surface area contributed by atoms with Crippen LogP contribution in [0.2, 0.25) is 0 Å². The Balaban J connectivity index is 1.40. The van der Waals surface area contributed by atoms with Gasteiger partial charge in [0.2, 0.25) is 0 Å². The number of para-hydroxylation sites is 1. The van der Waals surface area contributed by atoms with Crippen LogP contribution in [0, 0.1) is 0 Å². The van der Waals surface area contributed by atoms with Crippen molar-refractivity contribution in [1.82, 2.24) is 14.9 Å².